The molecule has 0 amide bonds. The summed E-state index contributed by atoms with van der Waals surface area (Å²) in [6.45, 7) is 2.05. The maximum Gasteiger partial charge on any atom is 0.112 e. The fraction of sp³-hybridized carbons (Fsp3) is 1.00. The molecule has 1 unspecified atom stereocenters. The monoisotopic (exact) mass is 252 g/mol. The molecule has 18 heavy (non-hydrogen) atoms. The van der Waals surface area contributed by atoms with E-state index in [2.05, 4.69) is 0 Å². The minimum Gasteiger partial charge on any atom is -0.390 e. The van der Waals surface area contributed by atoms with Crippen LogP contribution in [0.4, 0.5) is 0 Å². The Hall–Kier alpha value is -0.0701. The Labute approximate surface area is 110 Å². The third-order valence-electron chi connectivity index (χ3n) is 3.48. The van der Waals surface area contributed by atoms with Crippen LogP contribution in [0.3, 0.4) is 0 Å². The van der Waals surface area contributed by atoms with Crippen molar-refractivity contribution in [2.75, 3.05) is 6.61 Å². The summed E-state index contributed by atoms with van der Waals surface area (Å²) < 4.78 is 16.2. The summed E-state index contributed by atoms with van der Waals surface area (Å²) in [5.41, 5.74) is 0. The van der Waals surface area contributed by atoms with E-state index >= 15 is 0 Å². The van der Waals surface area contributed by atoms with Crippen molar-refractivity contribution in [1.29, 1.82) is 0 Å². The fourth-order valence-electron chi connectivity index (χ4n) is 2.41. The molecule has 2 aliphatic heterocycles. The number of ether oxygens (including phenoxy) is 3. The van der Waals surface area contributed by atoms with Crippen molar-refractivity contribution in [2.24, 2.45) is 0 Å². The molecule has 0 aromatic rings. The SMILES string of the molecule is [B][C@@H]1O[C@H](CC)[C@H](O)C1OC[C@H]1O[C@@H]([B])C[C@H]1O. The summed E-state index contributed by atoms with van der Waals surface area (Å²) >= 11 is 0. The van der Waals surface area contributed by atoms with Crippen LogP contribution in [0.2, 0.25) is 0 Å². The highest BCUT2D eigenvalue weighted by atomic mass is 16.6. The summed E-state index contributed by atoms with van der Waals surface area (Å²) in [7, 11) is 11.3. The third-order valence-corrected chi connectivity index (χ3v) is 3.48. The second-order valence-electron chi connectivity index (χ2n) is 4.85. The number of hydrogen-bond acceptors (Lipinski definition) is 5. The molecule has 2 aliphatic rings. The number of aliphatic hydroxyl groups excluding tert-OH is 2. The van der Waals surface area contributed by atoms with Crippen LogP contribution in [0.25, 0.3) is 0 Å². The molecule has 2 saturated heterocycles. The lowest BCUT2D eigenvalue weighted by molar-refractivity contribution is -0.0814. The van der Waals surface area contributed by atoms with Crippen LogP contribution in [0.1, 0.15) is 19.8 Å². The van der Waals surface area contributed by atoms with Crippen LogP contribution >= 0.6 is 0 Å². The zero-order valence-electron chi connectivity index (χ0n) is 10.4. The van der Waals surface area contributed by atoms with Gasteiger partial charge in [-0.2, -0.15) is 0 Å². The maximum absolute atomic E-state index is 9.95. The molecular weight excluding hydrogens is 234 g/mol. The van der Waals surface area contributed by atoms with E-state index in [1.165, 1.54) is 0 Å². The molecule has 2 rings (SSSR count). The molecule has 0 bridgehead atoms. The van der Waals surface area contributed by atoms with Gasteiger partial charge in [-0.05, 0) is 12.8 Å². The van der Waals surface area contributed by atoms with Gasteiger partial charge in [-0.25, -0.2) is 0 Å². The van der Waals surface area contributed by atoms with Gasteiger partial charge in [0.15, 0.2) is 0 Å². The summed E-state index contributed by atoms with van der Waals surface area (Å²) in [6, 6.07) is -1.12. The van der Waals surface area contributed by atoms with E-state index in [-0.39, 0.29) is 12.7 Å². The Morgan fingerprint density at radius 1 is 1.22 bits per heavy atom. The minimum atomic E-state index is -0.753. The van der Waals surface area contributed by atoms with Crippen LogP contribution < -0.4 is 0 Å². The average molecular weight is 252 g/mol. The highest BCUT2D eigenvalue weighted by Crippen LogP contribution is 2.26. The van der Waals surface area contributed by atoms with Gasteiger partial charge in [0.1, 0.15) is 34.0 Å². The fourth-order valence-corrected chi connectivity index (χ4v) is 2.41. The standard InChI is InChI=1S/C11H18B2O5/c1-2-6-9(15)10(11(13)18-6)16-4-7-5(14)3-8(12)17-7/h5-11,14-15H,2-4H2,1H3/t5-,6-,7-,8-,9+,10?,11-/m1/s1. The molecule has 0 spiro atoms. The van der Waals surface area contributed by atoms with Crippen LogP contribution in [0.5, 0.6) is 0 Å². The highest BCUT2D eigenvalue weighted by Gasteiger charge is 2.41. The molecule has 2 fully saturated rings. The lowest BCUT2D eigenvalue weighted by Crippen LogP contribution is -2.39. The van der Waals surface area contributed by atoms with Gasteiger partial charge < -0.3 is 24.4 Å². The van der Waals surface area contributed by atoms with E-state index in [4.69, 9.17) is 29.9 Å². The molecule has 0 saturated carbocycles. The molecule has 7 atom stereocenters. The molecule has 4 radical (unpaired) electrons. The second-order valence-corrected chi connectivity index (χ2v) is 4.85. The Morgan fingerprint density at radius 3 is 2.44 bits per heavy atom. The summed E-state index contributed by atoms with van der Waals surface area (Å²) in [6.07, 6.45) is -1.71. The Balaban J connectivity index is 1.83. The average Bonchev–Trinajstić information content (AvgIpc) is 2.77. The quantitative estimate of drug-likeness (QED) is 0.607. The van der Waals surface area contributed by atoms with Crippen LogP contribution in [-0.4, -0.2) is 75.0 Å². The van der Waals surface area contributed by atoms with E-state index in [1.54, 1.807) is 0 Å². The van der Waals surface area contributed by atoms with Gasteiger partial charge >= 0.3 is 0 Å². The van der Waals surface area contributed by atoms with Crippen LogP contribution in [0.15, 0.2) is 0 Å². The molecule has 2 N–H and O–H groups in total. The lowest BCUT2D eigenvalue weighted by Gasteiger charge is -2.22. The first-order valence-electron chi connectivity index (χ1n) is 6.32. The van der Waals surface area contributed by atoms with E-state index in [0.717, 1.165) is 0 Å². The van der Waals surface area contributed by atoms with Crippen LogP contribution in [-0.2, 0) is 14.2 Å². The number of aliphatic hydroxyl groups is 2. The van der Waals surface area contributed by atoms with Gasteiger partial charge in [-0.3, -0.25) is 0 Å². The van der Waals surface area contributed by atoms with Crippen molar-refractivity contribution in [2.45, 2.75) is 62.3 Å². The Bertz CT molecular complexity index is 280. The van der Waals surface area contributed by atoms with Crippen molar-refractivity contribution < 1.29 is 24.4 Å². The molecule has 5 nitrogen and oxygen atoms in total. The Kier molecular flexibility index (Phi) is 4.72. The predicted octanol–water partition coefficient (Wildman–Crippen LogP) is -1.32. The predicted molar refractivity (Wildman–Crippen MR) is 65.5 cm³/mol. The maximum atomic E-state index is 9.95. The van der Waals surface area contributed by atoms with Gasteiger partial charge in [0, 0.05) is 12.0 Å². The smallest absolute Gasteiger partial charge is 0.112 e. The van der Waals surface area contributed by atoms with Crippen molar-refractivity contribution in [3.63, 3.8) is 0 Å². The van der Waals surface area contributed by atoms with E-state index in [1.807, 2.05) is 6.92 Å². The lowest BCUT2D eigenvalue weighted by atomic mass is 9.92. The van der Waals surface area contributed by atoms with Crippen molar-refractivity contribution in [1.82, 2.24) is 0 Å². The van der Waals surface area contributed by atoms with E-state index in [9.17, 15) is 10.2 Å². The van der Waals surface area contributed by atoms with Gasteiger partial charge in [-0.1, -0.05) is 6.92 Å². The largest absolute Gasteiger partial charge is 0.390 e. The third kappa shape index (κ3) is 2.91. The summed E-state index contributed by atoms with van der Waals surface area (Å²) in [4.78, 5) is 0. The molecular formula is C11H18B2O5. The molecule has 0 aromatic carbocycles. The van der Waals surface area contributed by atoms with Gasteiger partial charge in [-0.15, -0.1) is 0 Å². The Morgan fingerprint density at radius 2 is 1.94 bits per heavy atom. The zero-order valence-corrected chi connectivity index (χ0v) is 10.4. The van der Waals surface area contributed by atoms with Crippen molar-refractivity contribution in [3.8, 4) is 0 Å². The number of hydrogen-bond donors (Lipinski definition) is 2. The second kappa shape index (κ2) is 5.92. The highest BCUT2D eigenvalue weighted by molar-refractivity contribution is 6.11. The molecule has 98 valence electrons. The van der Waals surface area contributed by atoms with Gasteiger partial charge in [0.25, 0.3) is 0 Å². The first-order valence-corrected chi connectivity index (χ1v) is 6.32. The van der Waals surface area contributed by atoms with Gasteiger partial charge in [0.2, 0.25) is 0 Å². The summed E-state index contributed by atoms with van der Waals surface area (Å²) in [5.74, 6) is 0. The molecule has 7 heteroatoms. The first-order chi connectivity index (χ1) is 8.52. The van der Waals surface area contributed by atoms with E-state index in [0.29, 0.717) is 12.8 Å². The topological polar surface area (TPSA) is 68.2 Å². The first kappa shape index (κ1) is 14.3. The van der Waals surface area contributed by atoms with Gasteiger partial charge in [0.05, 0.1) is 18.8 Å². The van der Waals surface area contributed by atoms with Crippen LogP contribution in [0, 0.1) is 0 Å². The number of rotatable bonds is 4. The minimum absolute atomic E-state index is 0.143. The van der Waals surface area contributed by atoms with Crippen molar-refractivity contribution >= 4 is 15.7 Å². The molecule has 2 heterocycles. The molecule has 0 aliphatic carbocycles. The van der Waals surface area contributed by atoms with E-state index < -0.39 is 36.4 Å². The normalized spacial score (nSPS) is 48.7. The van der Waals surface area contributed by atoms with Crippen molar-refractivity contribution in [3.05, 3.63) is 0 Å². The zero-order chi connectivity index (χ0) is 13.3. The summed E-state index contributed by atoms with van der Waals surface area (Å²) in [5, 5.41) is 19.6. The molecule has 0 aromatic heterocycles.